The summed E-state index contributed by atoms with van der Waals surface area (Å²) in [6.45, 7) is 2.14. The molecule has 1 aromatic rings. The molecule has 11 heavy (non-hydrogen) atoms. The van der Waals surface area contributed by atoms with Gasteiger partial charge in [0.1, 0.15) is 0 Å². The molecule has 0 fully saturated rings. The van der Waals surface area contributed by atoms with E-state index < -0.39 is 0 Å². The van der Waals surface area contributed by atoms with E-state index in [0.29, 0.717) is 5.25 Å². The summed E-state index contributed by atoms with van der Waals surface area (Å²) in [6, 6.07) is 8.30. The smallest absolute Gasteiger partial charge is 0.0264 e. The van der Waals surface area contributed by atoms with E-state index in [1.54, 1.807) is 0 Å². The van der Waals surface area contributed by atoms with Crippen molar-refractivity contribution in [1.29, 1.82) is 0 Å². The summed E-state index contributed by atoms with van der Waals surface area (Å²) in [5.41, 5.74) is 1.29. The Balaban J connectivity index is 2.81. The number of hydrogen-bond acceptors (Lipinski definition) is 1. The SMILES string of the molecule is CCC(S)c1ccc(Br)cc1. The summed E-state index contributed by atoms with van der Waals surface area (Å²) in [5.74, 6) is 0. The van der Waals surface area contributed by atoms with Crippen molar-refractivity contribution < 1.29 is 0 Å². The van der Waals surface area contributed by atoms with Crippen molar-refractivity contribution in [3.8, 4) is 0 Å². The molecule has 60 valence electrons. The molecule has 0 spiro atoms. The minimum absolute atomic E-state index is 0.378. The number of thiol groups is 1. The first-order valence-electron chi connectivity index (χ1n) is 3.67. The van der Waals surface area contributed by atoms with E-state index in [1.165, 1.54) is 5.56 Å². The molecule has 0 heterocycles. The van der Waals surface area contributed by atoms with Crippen molar-refractivity contribution in [2.75, 3.05) is 0 Å². The third kappa shape index (κ3) is 2.53. The molecule has 1 rings (SSSR count). The lowest BCUT2D eigenvalue weighted by molar-refractivity contribution is 0.902. The van der Waals surface area contributed by atoms with Gasteiger partial charge < -0.3 is 0 Å². The average Bonchev–Trinajstić information content (AvgIpc) is 2.05. The summed E-state index contributed by atoms with van der Waals surface area (Å²) < 4.78 is 1.12. The molecule has 0 bridgehead atoms. The van der Waals surface area contributed by atoms with Crippen LogP contribution in [0.5, 0.6) is 0 Å². The molecule has 0 saturated carbocycles. The lowest BCUT2D eigenvalue weighted by atomic mass is 10.1. The number of hydrogen-bond donors (Lipinski definition) is 1. The molecule has 0 amide bonds. The first-order chi connectivity index (χ1) is 5.24. The number of halogens is 1. The molecule has 0 saturated heterocycles. The van der Waals surface area contributed by atoms with E-state index in [1.807, 2.05) is 12.1 Å². The fraction of sp³-hybridized carbons (Fsp3) is 0.333. The molecular weight excluding hydrogens is 220 g/mol. The molecule has 0 radical (unpaired) electrons. The highest BCUT2D eigenvalue weighted by molar-refractivity contribution is 9.10. The zero-order valence-corrected chi connectivity index (χ0v) is 8.90. The molecule has 0 aromatic heterocycles. The van der Waals surface area contributed by atoms with Gasteiger partial charge in [0.15, 0.2) is 0 Å². The summed E-state index contributed by atoms with van der Waals surface area (Å²) in [5, 5.41) is 0.378. The molecular formula is C9H11BrS. The van der Waals surface area contributed by atoms with Crippen LogP contribution in [0.1, 0.15) is 24.2 Å². The Morgan fingerprint density at radius 3 is 2.36 bits per heavy atom. The normalized spacial score (nSPS) is 13.0. The second-order valence-corrected chi connectivity index (χ2v) is 4.01. The van der Waals surface area contributed by atoms with Gasteiger partial charge in [0.2, 0.25) is 0 Å². The van der Waals surface area contributed by atoms with E-state index in [-0.39, 0.29) is 0 Å². The predicted molar refractivity (Wildman–Crippen MR) is 56.2 cm³/mol. The van der Waals surface area contributed by atoms with Crippen LogP contribution in [-0.4, -0.2) is 0 Å². The maximum Gasteiger partial charge on any atom is 0.0264 e. The van der Waals surface area contributed by atoms with Gasteiger partial charge in [-0.15, -0.1) is 0 Å². The highest BCUT2D eigenvalue weighted by Crippen LogP contribution is 2.24. The highest BCUT2D eigenvalue weighted by atomic mass is 79.9. The minimum atomic E-state index is 0.378. The Morgan fingerprint density at radius 1 is 1.36 bits per heavy atom. The molecule has 1 aromatic carbocycles. The van der Waals surface area contributed by atoms with Crippen molar-refractivity contribution in [2.45, 2.75) is 18.6 Å². The van der Waals surface area contributed by atoms with Gasteiger partial charge in [0.05, 0.1) is 0 Å². The Labute approximate surface area is 81.5 Å². The van der Waals surface area contributed by atoms with Crippen LogP contribution in [0.4, 0.5) is 0 Å². The van der Waals surface area contributed by atoms with E-state index in [0.717, 1.165) is 10.9 Å². The molecule has 0 N–H and O–H groups in total. The van der Waals surface area contributed by atoms with E-state index in [2.05, 4.69) is 47.6 Å². The number of rotatable bonds is 2. The molecule has 0 aliphatic heterocycles. The molecule has 2 heteroatoms. The predicted octanol–water partition coefficient (Wildman–Crippen LogP) is 3.83. The third-order valence-electron chi connectivity index (χ3n) is 1.64. The summed E-state index contributed by atoms with van der Waals surface area (Å²) >= 11 is 7.83. The largest absolute Gasteiger partial charge is 0.171 e. The quantitative estimate of drug-likeness (QED) is 0.734. The van der Waals surface area contributed by atoms with Crippen LogP contribution >= 0.6 is 28.6 Å². The Bertz CT molecular complexity index is 218. The van der Waals surface area contributed by atoms with E-state index >= 15 is 0 Å². The van der Waals surface area contributed by atoms with Crippen LogP contribution < -0.4 is 0 Å². The summed E-state index contributed by atoms with van der Waals surface area (Å²) in [7, 11) is 0. The van der Waals surface area contributed by atoms with Crippen LogP contribution in [0.15, 0.2) is 28.7 Å². The van der Waals surface area contributed by atoms with Crippen LogP contribution in [0.25, 0.3) is 0 Å². The van der Waals surface area contributed by atoms with Gasteiger partial charge in [-0.3, -0.25) is 0 Å². The van der Waals surface area contributed by atoms with Gasteiger partial charge in [-0.2, -0.15) is 12.6 Å². The average molecular weight is 231 g/mol. The van der Waals surface area contributed by atoms with Crippen LogP contribution in [-0.2, 0) is 0 Å². The molecule has 1 atom stereocenters. The second-order valence-electron chi connectivity index (χ2n) is 2.48. The van der Waals surface area contributed by atoms with Crippen molar-refractivity contribution in [3.05, 3.63) is 34.3 Å². The third-order valence-corrected chi connectivity index (χ3v) is 2.83. The van der Waals surface area contributed by atoms with Crippen LogP contribution in [0, 0.1) is 0 Å². The van der Waals surface area contributed by atoms with Crippen molar-refractivity contribution >= 4 is 28.6 Å². The van der Waals surface area contributed by atoms with E-state index in [9.17, 15) is 0 Å². The van der Waals surface area contributed by atoms with Gasteiger partial charge in [-0.25, -0.2) is 0 Å². The summed E-state index contributed by atoms with van der Waals surface area (Å²) in [4.78, 5) is 0. The van der Waals surface area contributed by atoms with Crippen LogP contribution in [0.2, 0.25) is 0 Å². The minimum Gasteiger partial charge on any atom is -0.171 e. The molecule has 0 aliphatic rings. The van der Waals surface area contributed by atoms with E-state index in [4.69, 9.17) is 0 Å². The topological polar surface area (TPSA) is 0 Å². The van der Waals surface area contributed by atoms with Crippen LogP contribution in [0.3, 0.4) is 0 Å². The van der Waals surface area contributed by atoms with Crippen molar-refractivity contribution in [2.24, 2.45) is 0 Å². The fourth-order valence-corrected chi connectivity index (χ4v) is 1.36. The monoisotopic (exact) mass is 230 g/mol. The highest BCUT2D eigenvalue weighted by Gasteiger charge is 2.01. The maximum atomic E-state index is 4.44. The van der Waals surface area contributed by atoms with Gasteiger partial charge in [0.25, 0.3) is 0 Å². The number of benzene rings is 1. The van der Waals surface area contributed by atoms with Crippen molar-refractivity contribution in [3.63, 3.8) is 0 Å². The Kier molecular flexibility index (Phi) is 3.46. The standard InChI is InChI=1S/C9H11BrS/c1-2-9(11)7-3-5-8(10)6-4-7/h3-6,9,11H,2H2,1H3. The maximum absolute atomic E-state index is 4.44. The van der Waals surface area contributed by atoms with Gasteiger partial charge in [-0.1, -0.05) is 35.0 Å². The van der Waals surface area contributed by atoms with Crippen molar-refractivity contribution in [1.82, 2.24) is 0 Å². The Hall–Kier alpha value is 0.0500. The zero-order chi connectivity index (χ0) is 8.27. The van der Waals surface area contributed by atoms with Gasteiger partial charge in [-0.05, 0) is 24.1 Å². The fourth-order valence-electron chi connectivity index (χ4n) is 0.921. The molecule has 1 unspecified atom stereocenters. The first-order valence-corrected chi connectivity index (χ1v) is 4.98. The summed E-state index contributed by atoms with van der Waals surface area (Å²) in [6.07, 6.45) is 1.07. The van der Waals surface area contributed by atoms with Gasteiger partial charge >= 0.3 is 0 Å². The lowest BCUT2D eigenvalue weighted by Crippen LogP contribution is -1.86. The second kappa shape index (κ2) is 4.17. The lowest BCUT2D eigenvalue weighted by Gasteiger charge is -2.06. The molecule has 0 aliphatic carbocycles. The van der Waals surface area contributed by atoms with Gasteiger partial charge in [0, 0.05) is 9.72 Å². The Morgan fingerprint density at radius 2 is 1.91 bits per heavy atom. The first kappa shape index (κ1) is 9.14. The zero-order valence-electron chi connectivity index (χ0n) is 6.42. The molecule has 0 nitrogen and oxygen atoms in total.